The number of hydrogen-bond acceptors (Lipinski definition) is 5. The number of nitrogens with one attached hydrogen (secondary N) is 1. The Kier molecular flexibility index (Phi) is 10.7. The highest BCUT2D eigenvalue weighted by Crippen LogP contribution is 2.25. The molecular formula is C24H31Cl2N3O5S. The lowest BCUT2D eigenvalue weighted by atomic mass is 10.1. The minimum absolute atomic E-state index is 0.0464. The summed E-state index contributed by atoms with van der Waals surface area (Å²) in [5, 5.41) is 3.35. The number of halogens is 2. The van der Waals surface area contributed by atoms with Crippen LogP contribution < -0.4 is 14.4 Å². The van der Waals surface area contributed by atoms with E-state index in [-0.39, 0.29) is 37.7 Å². The van der Waals surface area contributed by atoms with E-state index in [9.17, 15) is 18.0 Å². The van der Waals surface area contributed by atoms with E-state index < -0.39 is 16.1 Å². The highest BCUT2D eigenvalue weighted by molar-refractivity contribution is 7.92. The molecule has 2 rings (SSSR count). The Balaban J connectivity index is 2.22. The predicted molar refractivity (Wildman–Crippen MR) is 140 cm³/mol. The lowest BCUT2D eigenvalue weighted by Gasteiger charge is -2.31. The molecule has 0 saturated heterocycles. The van der Waals surface area contributed by atoms with Crippen molar-refractivity contribution >= 4 is 50.7 Å². The summed E-state index contributed by atoms with van der Waals surface area (Å²) in [6.45, 7) is 2.08. The molecule has 0 unspecified atom stereocenters. The lowest BCUT2D eigenvalue weighted by molar-refractivity contribution is -0.141. The van der Waals surface area contributed by atoms with Gasteiger partial charge in [-0.1, -0.05) is 42.3 Å². The largest absolute Gasteiger partial charge is 0.497 e. The van der Waals surface area contributed by atoms with Gasteiger partial charge in [-0.2, -0.15) is 0 Å². The maximum atomic E-state index is 13.3. The maximum Gasteiger partial charge on any atom is 0.242 e. The van der Waals surface area contributed by atoms with Crippen LogP contribution in [-0.2, 0) is 26.2 Å². The van der Waals surface area contributed by atoms with Crippen molar-refractivity contribution in [3.8, 4) is 5.75 Å². The Morgan fingerprint density at radius 1 is 1.11 bits per heavy atom. The topological polar surface area (TPSA) is 96.0 Å². The number of nitrogens with zero attached hydrogens (tertiary/aromatic N) is 2. The van der Waals surface area contributed by atoms with E-state index in [0.717, 1.165) is 11.8 Å². The predicted octanol–water partition coefficient (Wildman–Crippen LogP) is 4.10. The van der Waals surface area contributed by atoms with Crippen molar-refractivity contribution in [2.75, 3.05) is 31.3 Å². The fourth-order valence-corrected chi connectivity index (χ4v) is 4.97. The molecular weight excluding hydrogens is 513 g/mol. The quantitative estimate of drug-likeness (QED) is 0.434. The van der Waals surface area contributed by atoms with Crippen LogP contribution in [0.5, 0.6) is 5.75 Å². The van der Waals surface area contributed by atoms with Gasteiger partial charge in [0.05, 0.1) is 29.1 Å². The molecule has 0 aromatic heterocycles. The zero-order chi connectivity index (χ0) is 26.2. The van der Waals surface area contributed by atoms with Crippen molar-refractivity contribution < 1.29 is 22.7 Å². The average molecular weight is 545 g/mol. The molecule has 2 aromatic rings. The summed E-state index contributed by atoms with van der Waals surface area (Å²) < 4.78 is 31.3. The molecule has 0 aliphatic carbocycles. The summed E-state index contributed by atoms with van der Waals surface area (Å²) in [7, 11) is -0.575. The van der Waals surface area contributed by atoms with E-state index >= 15 is 0 Å². The normalized spacial score (nSPS) is 12.1. The Morgan fingerprint density at radius 2 is 1.83 bits per heavy atom. The van der Waals surface area contributed by atoms with Crippen molar-refractivity contribution in [3.63, 3.8) is 0 Å². The number of anilines is 1. The van der Waals surface area contributed by atoms with Gasteiger partial charge in [0, 0.05) is 32.6 Å². The molecule has 1 N–H and O–H groups in total. The monoisotopic (exact) mass is 543 g/mol. The second-order valence-corrected chi connectivity index (χ2v) is 10.7. The molecule has 0 radical (unpaired) electrons. The van der Waals surface area contributed by atoms with E-state index in [4.69, 9.17) is 27.9 Å². The standard InChI is InChI=1S/C24H31Cl2N3O5S/c1-5-22(24(31)27-2)28(16-17-11-12-20(25)21(26)14-17)23(30)10-7-13-29(35(4,32)33)18-8-6-9-19(15-18)34-3/h6,8-9,11-12,14-15,22H,5,7,10,13,16H2,1-4H3,(H,27,31)/t22-/m1/s1. The molecule has 0 saturated carbocycles. The van der Waals surface area contributed by atoms with Crippen LogP contribution >= 0.6 is 23.2 Å². The van der Waals surface area contributed by atoms with E-state index in [0.29, 0.717) is 27.9 Å². The third-order valence-electron chi connectivity index (χ3n) is 5.46. The van der Waals surface area contributed by atoms with Gasteiger partial charge in [-0.3, -0.25) is 13.9 Å². The van der Waals surface area contributed by atoms with Gasteiger partial charge in [-0.05, 0) is 42.7 Å². The van der Waals surface area contributed by atoms with Crippen LogP contribution in [0.2, 0.25) is 10.0 Å². The zero-order valence-corrected chi connectivity index (χ0v) is 22.6. The second-order valence-electron chi connectivity index (χ2n) is 7.95. The number of sulfonamides is 1. The minimum atomic E-state index is -3.60. The minimum Gasteiger partial charge on any atom is -0.497 e. The van der Waals surface area contributed by atoms with Crippen LogP contribution in [0.4, 0.5) is 5.69 Å². The Bertz CT molecular complexity index is 1140. The number of benzene rings is 2. The molecule has 8 nitrogen and oxygen atoms in total. The lowest BCUT2D eigenvalue weighted by Crippen LogP contribution is -2.48. The number of carbonyl (C=O) groups excluding carboxylic acids is 2. The van der Waals surface area contributed by atoms with Crippen molar-refractivity contribution in [3.05, 3.63) is 58.1 Å². The summed E-state index contributed by atoms with van der Waals surface area (Å²) >= 11 is 12.1. The van der Waals surface area contributed by atoms with Crippen molar-refractivity contribution in [1.29, 1.82) is 0 Å². The first-order valence-corrected chi connectivity index (χ1v) is 13.7. The number of likely N-dealkylation sites (N-methyl/N-ethyl adjacent to an activating group) is 1. The zero-order valence-electron chi connectivity index (χ0n) is 20.3. The van der Waals surface area contributed by atoms with Crippen molar-refractivity contribution in [2.24, 2.45) is 0 Å². The maximum absolute atomic E-state index is 13.3. The molecule has 2 aromatic carbocycles. The Labute approximate surface area is 217 Å². The van der Waals surface area contributed by atoms with Crippen LogP contribution in [0, 0.1) is 0 Å². The number of amides is 2. The van der Waals surface area contributed by atoms with Crippen LogP contribution in [-0.4, -0.2) is 58.1 Å². The molecule has 11 heteroatoms. The van der Waals surface area contributed by atoms with Gasteiger partial charge in [-0.15, -0.1) is 0 Å². The number of methoxy groups -OCH3 is 1. The van der Waals surface area contributed by atoms with Gasteiger partial charge in [0.15, 0.2) is 0 Å². The highest BCUT2D eigenvalue weighted by atomic mass is 35.5. The van der Waals surface area contributed by atoms with E-state index in [1.807, 2.05) is 6.92 Å². The van der Waals surface area contributed by atoms with E-state index in [1.54, 1.807) is 42.5 Å². The van der Waals surface area contributed by atoms with E-state index in [2.05, 4.69) is 5.32 Å². The molecule has 192 valence electrons. The fourth-order valence-electron chi connectivity index (χ4n) is 3.69. The molecule has 0 fully saturated rings. The number of rotatable bonds is 12. The first-order chi connectivity index (χ1) is 16.5. The van der Waals surface area contributed by atoms with Crippen molar-refractivity contribution in [1.82, 2.24) is 10.2 Å². The first-order valence-electron chi connectivity index (χ1n) is 11.1. The molecule has 0 spiro atoms. The van der Waals surface area contributed by atoms with E-state index in [1.165, 1.54) is 23.4 Å². The van der Waals surface area contributed by atoms with Crippen LogP contribution in [0.1, 0.15) is 31.7 Å². The summed E-state index contributed by atoms with van der Waals surface area (Å²) in [6.07, 6.45) is 1.82. The third kappa shape index (κ3) is 8.02. The molecule has 0 heterocycles. The van der Waals surface area contributed by atoms with Gasteiger partial charge < -0.3 is 15.0 Å². The van der Waals surface area contributed by atoms with Crippen LogP contribution in [0.25, 0.3) is 0 Å². The van der Waals surface area contributed by atoms with Crippen LogP contribution in [0.15, 0.2) is 42.5 Å². The Hall–Kier alpha value is -2.49. The number of ether oxygens (including phenoxy) is 1. The molecule has 0 bridgehead atoms. The summed E-state index contributed by atoms with van der Waals surface area (Å²) in [5.74, 6) is -0.0305. The van der Waals surface area contributed by atoms with Gasteiger partial charge in [-0.25, -0.2) is 8.42 Å². The summed E-state index contributed by atoms with van der Waals surface area (Å²) in [6, 6.07) is 11.1. The number of hydrogen-bond donors (Lipinski definition) is 1. The fraction of sp³-hybridized carbons (Fsp3) is 0.417. The first kappa shape index (κ1) is 28.7. The van der Waals surface area contributed by atoms with Gasteiger partial charge >= 0.3 is 0 Å². The summed E-state index contributed by atoms with van der Waals surface area (Å²) in [5.41, 5.74) is 1.17. The smallest absolute Gasteiger partial charge is 0.242 e. The molecule has 2 amide bonds. The SMILES string of the molecule is CC[C@H](C(=O)NC)N(Cc1ccc(Cl)c(Cl)c1)C(=O)CCCN(c1cccc(OC)c1)S(C)(=O)=O. The number of carbonyl (C=O) groups is 2. The molecule has 0 aliphatic rings. The van der Waals surface area contributed by atoms with Gasteiger partial charge in [0.2, 0.25) is 21.8 Å². The highest BCUT2D eigenvalue weighted by Gasteiger charge is 2.28. The third-order valence-corrected chi connectivity index (χ3v) is 7.40. The molecule has 1 atom stereocenters. The Morgan fingerprint density at radius 3 is 2.40 bits per heavy atom. The average Bonchev–Trinajstić information content (AvgIpc) is 2.82. The second kappa shape index (κ2) is 13.0. The molecule has 0 aliphatic heterocycles. The molecule has 35 heavy (non-hydrogen) atoms. The van der Waals surface area contributed by atoms with Crippen molar-refractivity contribution in [2.45, 2.75) is 38.8 Å². The van der Waals surface area contributed by atoms with Crippen LogP contribution in [0.3, 0.4) is 0 Å². The van der Waals surface area contributed by atoms with Gasteiger partial charge in [0.1, 0.15) is 11.8 Å². The van der Waals surface area contributed by atoms with Gasteiger partial charge in [0.25, 0.3) is 0 Å². The summed E-state index contributed by atoms with van der Waals surface area (Å²) in [4.78, 5) is 27.3.